The van der Waals surface area contributed by atoms with E-state index in [1.54, 1.807) is 12.1 Å². The molecule has 0 unspecified atom stereocenters. The molecule has 0 saturated heterocycles. The molecule has 1 aromatic carbocycles. The molecule has 16 heavy (non-hydrogen) atoms. The van der Waals surface area contributed by atoms with Gasteiger partial charge in [0.25, 0.3) is 0 Å². The summed E-state index contributed by atoms with van der Waals surface area (Å²) in [7, 11) is 0. The maximum atomic E-state index is 13.5. The molecule has 0 aliphatic heterocycles. The van der Waals surface area contributed by atoms with Gasteiger partial charge >= 0.3 is 0 Å². The van der Waals surface area contributed by atoms with Gasteiger partial charge in [0.1, 0.15) is 12.1 Å². The second-order valence-corrected chi connectivity index (χ2v) is 3.28. The van der Waals surface area contributed by atoms with Crippen LogP contribution in [0.3, 0.4) is 0 Å². The van der Waals surface area contributed by atoms with E-state index in [1.807, 2.05) is 6.92 Å². The van der Waals surface area contributed by atoms with Crippen molar-refractivity contribution >= 4 is 17.6 Å². The van der Waals surface area contributed by atoms with Gasteiger partial charge in [-0.1, -0.05) is 6.07 Å². The fourth-order valence-corrected chi connectivity index (χ4v) is 1.21. The van der Waals surface area contributed by atoms with E-state index in [-0.39, 0.29) is 17.7 Å². The molecule has 0 fully saturated rings. The van der Waals surface area contributed by atoms with Crippen LogP contribution in [0.5, 0.6) is 0 Å². The van der Waals surface area contributed by atoms with Gasteiger partial charge in [-0.15, -0.1) is 0 Å². The highest BCUT2D eigenvalue weighted by Gasteiger charge is 2.04. The van der Waals surface area contributed by atoms with Crippen LogP contribution < -0.4 is 11.1 Å². The largest absolute Gasteiger partial charge is 0.368 e. The molecule has 3 N–H and O–H groups in total. The van der Waals surface area contributed by atoms with Crippen LogP contribution in [0, 0.1) is 12.7 Å². The first-order chi connectivity index (χ1) is 7.65. The molecule has 0 radical (unpaired) electrons. The molecule has 0 amide bonds. The second-order valence-electron chi connectivity index (χ2n) is 3.28. The lowest BCUT2D eigenvalue weighted by atomic mass is 10.2. The van der Waals surface area contributed by atoms with Gasteiger partial charge in [0.2, 0.25) is 11.9 Å². The minimum atomic E-state index is -0.362. The molecular weight excluding hydrogens is 209 g/mol. The Morgan fingerprint density at radius 1 is 1.31 bits per heavy atom. The van der Waals surface area contributed by atoms with Crippen molar-refractivity contribution in [2.45, 2.75) is 6.92 Å². The summed E-state index contributed by atoms with van der Waals surface area (Å²) in [6, 6.07) is 4.83. The van der Waals surface area contributed by atoms with Crippen LogP contribution in [0.4, 0.5) is 22.0 Å². The zero-order valence-corrected chi connectivity index (χ0v) is 8.61. The molecule has 0 atom stereocenters. The van der Waals surface area contributed by atoms with Crippen LogP contribution in [-0.2, 0) is 0 Å². The normalized spacial score (nSPS) is 10.1. The maximum Gasteiger partial charge on any atom is 0.232 e. The molecule has 5 nitrogen and oxygen atoms in total. The summed E-state index contributed by atoms with van der Waals surface area (Å²) < 4.78 is 13.5. The Balaban J connectivity index is 2.27. The number of aryl methyl sites for hydroxylation is 1. The lowest BCUT2D eigenvalue weighted by Crippen LogP contribution is -2.03. The number of nitrogen functional groups attached to an aromatic ring is 1. The van der Waals surface area contributed by atoms with Crippen LogP contribution in [-0.4, -0.2) is 15.0 Å². The zero-order chi connectivity index (χ0) is 11.5. The molecule has 0 saturated carbocycles. The predicted molar refractivity (Wildman–Crippen MR) is 58.7 cm³/mol. The van der Waals surface area contributed by atoms with Crippen molar-refractivity contribution in [1.29, 1.82) is 0 Å². The monoisotopic (exact) mass is 219 g/mol. The summed E-state index contributed by atoms with van der Waals surface area (Å²) in [6.07, 6.45) is 1.26. The van der Waals surface area contributed by atoms with Gasteiger partial charge in [0.15, 0.2) is 0 Å². The zero-order valence-electron chi connectivity index (χ0n) is 8.61. The standard InChI is InChI=1S/C10H10FN5/c1-6-2-3-8(7(11)4-6)15-10-14-5-13-9(12)16-10/h2-5H,1H3,(H3,12,13,14,15,16). The fraction of sp³-hybridized carbons (Fsp3) is 0.100. The molecule has 6 heteroatoms. The second kappa shape index (κ2) is 4.09. The number of hydrogen-bond donors (Lipinski definition) is 2. The number of nitrogens with one attached hydrogen (secondary N) is 1. The average Bonchev–Trinajstić information content (AvgIpc) is 2.22. The van der Waals surface area contributed by atoms with E-state index >= 15 is 0 Å². The van der Waals surface area contributed by atoms with Gasteiger partial charge in [-0.2, -0.15) is 4.98 Å². The first kappa shape index (κ1) is 10.3. The molecule has 0 aliphatic carbocycles. The molecule has 2 rings (SSSR count). The van der Waals surface area contributed by atoms with Crippen LogP contribution in [0.2, 0.25) is 0 Å². The van der Waals surface area contributed by atoms with Crippen molar-refractivity contribution in [3.63, 3.8) is 0 Å². The summed E-state index contributed by atoms with van der Waals surface area (Å²) in [6.45, 7) is 1.81. The van der Waals surface area contributed by atoms with Crippen molar-refractivity contribution in [1.82, 2.24) is 15.0 Å². The summed E-state index contributed by atoms with van der Waals surface area (Å²) in [5.41, 5.74) is 6.53. The summed E-state index contributed by atoms with van der Waals surface area (Å²) in [5, 5.41) is 2.72. The van der Waals surface area contributed by atoms with E-state index in [0.29, 0.717) is 5.69 Å². The Morgan fingerprint density at radius 2 is 2.12 bits per heavy atom. The fourth-order valence-electron chi connectivity index (χ4n) is 1.21. The number of hydrogen-bond acceptors (Lipinski definition) is 5. The number of aromatic nitrogens is 3. The average molecular weight is 219 g/mol. The van der Waals surface area contributed by atoms with Gasteiger partial charge in [-0.25, -0.2) is 14.4 Å². The topological polar surface area (TPSA) is 76.7 Å². The van der Waals surface area contributed by atoms with Crippen molar-refractivity contribution in [3.8, 4) is 0 Å². The minimum absolute atomic E-state index is 0.0880. The van der Waals surface area contributed by atoms with E-state index in [0.717, 1.165) is 5.56 Å². The molecule has 1 aromatic heterocycles. The van der Waals surface area contributed by atoms with E-state index in [2.05, 4.69) is 20.3 Å². The van der Waals surface area contributed by atoms with Crippen LogP contribution in [0.15, 0.2) is 24.5 Å². The summed E-state index contributed by atoms with van der Waals surface area (Å²) in [5.74, 6) is -0.0562. The summed E-state index contributed by atoms with van der Waals surface area (Å²) >= 11 is 0. The van der Waals surface area contributed by atoms with Gasteiger partial charge < -0.3 is 11.1 Å². The van der Waals surface area contributed by atoms with Gasteiger partial charge in [-0.3, -0.25) is 0 Å². The molecule has 2 aromatic rings. The van der Waals surface area contributed by atoms with Gasteiger partial charge in [-0.05, 0) is 24.6 Å². The van der Waals surface area contributed by atoms with E-state index in [4.69, 9.17) is 5.73 Å². The highest BCUT2D eigenvalue weighted by atomic mass is 19.1. The smallest absolute Gasteiger partial charge is 0.232 e. The number of nitrogens with two attached hydrogens (primary N) is 1. The molecule has 1 heterocycles. The van der Waals surface area contributed by atoms with E-state index < -0.39 is 0 Å². The number of benzene rings is 1. The van der Waals surface area contributed by atoms with Crippen molar-refractivity contribution in [2.24, 2.45) is 0 Å². The Kier molecular flexibility index (Phi) is 2.63. The number of halogens is 1. The van der Waals surface area contributed by atoms with E-state index in [9.17, 15) is 4.39 Å². The van der Waals surface area contributed by atoms with Crippen molar-refractivity contribution in [2.75, 3.05) is 11.1 Å². The first-order valence-electron chi connectivity index (χ1n) is 4.63. The molecule has 0 spiro atoms. The maximum absolute atomic E-state index is 13.5. The number of rotatable bonds is 2. The number of anilines is 3. The predicted octanol–water partition coefficient (Wildman–Crippen LogP) is 1.64. The molecular formula is C10H10FN5. The highest BCUT2D eigenvalue weighted by molar-refractivity contribution is 5.54. The van der Waals surface area contributed by atoms with Crippen molar-refractivity contribution < 1.29 is 4.39 Å². The molecule has 0 bridgehead atoms. The minimum Gasteiger partial charge on any atom is -0.368 e. The lowest BCUT2D eigenvalue weighted by molar-refractivity contribution is 0.630. The van der Waals surface area contributed by atoms with Crippen LogP contribution in [0.25, 0.3) is 0 Å². The summed E-state index contributed by atoms with van der Waals surface area (Å²) in [4.78, 5) is 11.3. The third-order valence-corrected chi connectivity index (χ3v) is 1.96. The Morgan fingerprint density at radius 3 is 2.81 bits per heavy atom. The Labute approximate surface area is 91.6 Å². The Hall–Kier alpha value is -2.24. The first-order valence-corrected chi connectivity index (χ1v) is 4.63. The number of nitrogens with zero attached hydrogens (tertiary/aromatic N) is 3. The molecule has 82 valence electrons. The van der Waals surface area contributed by atoms with Crippen LogP contribution in [0.1, 0.15) is 5.56 Å². The van der Waals surface area contributed by atoms with Gasteiger partial charge in [0.05, 0.1) is 5.69 Å². The molecule has 0 aliphatic rings. The third kappa shape index (κ3) is 2.22. The van der Waals surface area contributed by atoms with Crippen LogP contribution >= 0.6 is 0 Å². The Bertz CT molecular complexity index is 514. The van der Waals surface area contributed by atoms with Crippen molar-refractivity contribution in [3.05, 3.63) is 35.9 Å². The quantitative estimate of drug-likeness (QED) is 0.803. The highest BCUT2D eigenvalue weighted by Crippen LogP contribution is 2.18. The van der Waals surface area contributed by atoms with Gasteiger partial charge in [0, 0.05) is 0 Å². The lowest BCUT2D eigenvalue weighted by Gasteiger charge is -2.06. The SMILES string of the molecule is Cc1ccc(Nc2ncnc(N)n2)c(F)c1. The van der Waals surface area contributed by atoms with E-state index in [1.165, 1.54) is 12.4 Å². The third-order valence-electron chi connectivity index (χ3n) is 1.96.